The predicted molar refractivity (Wildman–Crippen MR) is 83.7 cm³/mol. The van der Waals surface area contributed by atoms with Gasteiger partial charge in [0.2, 0.25) is 0 Å². The zero-order valence-electron chi connectivity index (χ0n) is 13.3. The third kappa shape index (κ3) is 6.17. The highest BCUT2D eigenvalue weighted by molar-refractivity contribution is 5.08. The summed E-state index contributed by atoms with van der Waals surface area (Å²) in [4.78, 5) is 0. The van der Waals surface area contributed by atoms with Crippen LogP contribution in [-0.2, 0) is 11.5 Å². The number of ether oxygens (including phenoxy) is 1. The average molecular weight is 277 g/mol. The summed E-state index contributed by atoms with van der Waals surface area (Å²) in [6.07, 6.45) is 7.42. The summed E-state index contributed by atoms with van der Waals surface area (Å²) in [5, 5.41) is 7.55. The molecule has 0 spiro atoms. The van der Waals surface area contributed by atoms with E-state index in [1.807, 2.05) is 25.6 Å². The Morgan fingerprint density at radius 2 is 2.20 bits per heavy atom. The standard InChI is InChI=1S/C16H27N3O/c1-13(10-14(2)17-5)8-6-7-9-20-12-19-16(4)11-15(3)18-19/h6-7,10-11,14,17H,8-9,12H2,1-5H3/b7-6-,13-10-. The smallest absolute Gasteiger partial charge is 0.140 e. The van der Waals surface area contributed by atoms with Crippen molar-refractivity contribution in [2.45, 2.75) is 46.9 Å². The van der Waals surface area contributed by atoms with Gasteiger partial charge in [-0.3, -0.25) is 0 Å². The van der Waals surface area contributed by atoms with E-state index in [9.17, 15) is 0 Å². The molecule has 1 unspecified atom stereocenters. The van der Waals surface area contributed by atoms with Crippen LogP contribution in [0.2, 0.25) is 0 Å². The van der Waals surface area contributed by atoms with Gasteiger partial charge in [0, 0.05) is 11.7 Å². The van der Waals surface area contributed by atoms with Crippen molar-refractivity contribution in [3.05, 3.63) is 41.3 Å². The number of hydrogen-bond donors (Lipinski definition) is 1. The lowest BCUT2D eigenvalue weighted by Crippen LogP contribution is -2.18. The minimum Gasteiger partial charge on any atom is -0.355 e. The molecule has 20 heavy (non-hydrogen) atoms. The first kappa shape index (κ1) is 16.7. The molecule has 0 aromatic carbocycles. The van der Waals surface area contributed by atoms with E-state index in [1.165, 1.54) is 5.57 Å². The normalized spacial score (nSPS) is 14.2. The van der Waals surface area contributed by atoms with E-state index < -0.39 is 0 Å². The molecule has 1 aromatic heterocycles. The number of aromatic nitrogens is 2. The van der Waals surface area contributed by atoms with Crippen LogP contribution in [0, 0.1) is 13.8 Å². The molecule has 1 N–H and O–H groups in total. The van der Waals surface area contributed by atoms with Crippen LogP contribution in [0.5, 0.6) is 0 Å². The molecule has 112 valence electrons. The molecule has 0 radical (unpaired) electrons. The number of hydrogen-bond acceptors (Lipinski definition) is 3. The number of aryl methyl sites for hydroxylation is 2. The fourth-order valence-electron chi connectivity index (χ4n) is 1.93. The van der Waals surface area contributed by atoms with Crippen LogP contribution in [-0.4, -0.2) is 29.5 Å². The number of nitrogens with zero attached hydrogens (tertiary/aromatic N) is 2. The van der Waals surface area contributed by atoms with Crippen molar-refractivity contribution < 1.29 is 4.74 Å². The van der Waals surface area contributed by atoms with E-state index in [0.717, 1.165) is 17.8 Å². The minimum absolute atomic E-state index is 0.422. The van der Waals surface area contributed by atoms with Gasteiger partial charge in [0.25, 0.3) is 0 Å². The third-order valence-corrected chi connectivity index (χ3v) is 3.13. The maximum Gasteiger partial charge on any atom is 0.140 e. The van der Waals surface area contributed by atoms with Gasteiger partial charge in [0.05, 0.1) is 12.3 Å². The second-order valence-corrected chi connectivity index (χ2v) is 5.19. The van der Waals surface area contributed by atoms with Crippen molar-refractivity contribution in [1.82, 2.24) is 15.1 Å². The van der Waals surface area contributed by atoms with Crippen LogP contribution in [0.1, 0.15) is 31.7 Å². The van der Waals surface area contributed by atoms with Crippen LogP contribution in [0.3, 0.4) is 0 Å². The molecule has 0 aliphatic carbocycles. The van der Waals surface area contributed by atoms with Crippen molar-refractivity contribution >= 4 is 0 Å². The fraction of sp³-hybridized carbons (Fsp3) is 0.562. The molecular formula is C16H27N3O. The second kappa shape index (κ2) is 8.72. The van der Waals surface area contributed by atoms with Gasteiger partial charge in [-0.1, -0.05) is 23.8 Å². The van der Waals surface area contributed by atoms with Gasteiger partial charge < -0.3 is 10.1 Å². The number of allylic oxidation sites excluding steroid dienone is 2. The Labute approximate surface area is 122 Å². The molecule has 1 atom stereocenters. The van der Waals surface area contributed by atoms with Crippen molar-refractivity contribution in [3.63, 3.8) is 0 Å². The Morgan fingerprint density at radius 1 is 1.45 bits per heavy atom. The van der Waals surface area contributed by atoms with Gasteiger partial charge >= 0.3 is 0 Å². The Bertz CT molecular complexity index is 460. The van der Waals surface area contributed by atoms with Gasteiger partial charge in [-0.15, -0.1) is 0 Å². The maximum absolute atomic E-state index is 5.58. The van der Waals surface area contributed by atoms with Crippen molar-refractivity contribution in [3.8, 4) is 0 Å². The highest BCUT2D eigenvalue weighted by Gasteiger charge is 1.99. The zero-order chi connectivity index (χ0) is 15.0. The van der Waals surface area contributed by atoms with E-state index in [0.29, 0.717) is 19.4 Å². The molecule has 0 saturated heterocycles. The number of likely N-dealkylation sites (N-methyl/N-ethyl adjacent to an activating group) is 1. The summed E-state index contributed by atoms with van der Waals surface area (Å²) >= 11 is 0. The highest BCUT2D eigenvalue weighted by atomic mass is 16.5. The molecule has 0 aliphatic rings. The van der Waals surface area contributed by atoms with E-state index in [1.54, 1.807) is 0 Å². The molecule has 1 rings (SSSR count). The SMILES string of the molecule is CNC(C)/C=C(/C)C/C=C\COCn1nc(C)cc1C. The first-order chi connectivity index (χ1) is 9.52. The molecular weight excluding hydrogens is 250 g/mol. The van der Waals surface area contributed by atoms with Crippen molar-refractivity contribution in [1.29, 1.82) is 0 Å². The summed E-state index contributed by atoms with van der Waals surface area (Å²) in [6, 6.07) is 2.47. The minimum atomic E-state index is 0.422. The van der Waals surface area contributed by atoms with E-state index in [-0.39, 0.29) is 0 Å². The summed E-state index contributed by atoms with van der Waals surface area (Å²) in [5.74, 6) is 0. The monoisotopic (exact) mass is 277 g/mol. The fourth-order valence-corrected chi connectivity index (χ4v) is 1.93. The Morgan fingerprint density at radius 3 is 2.80 bits per heavy atom. The Kier molecular flexibility index (Phi) is 7.26. The largest absolute Gasteiger partial charge is 0.355 e. The molecule has 0 fully saturated rings. The van der Waals surface area contributed by atoms with Gasteiger partial charge in [-0.05, 0) is 47.2 Å². The first-order valence-corrected chi connectivity index (χ1v) is 7.11. The molecule has 0 amide bonds. The zero-order valence-corrected chi connectivity index (χ0v) is 13.3. The highest BCUT2D eigenvalue weighted by Crippen LogP contribution is 2.03. The summed E-state index contributed by atoms with van der Waals surface area (Å²) in [5.41, 5.74) is 3.52. The summed E-state index contributed by atoms with van der Waals surface area (Å²) in [7, 11) is 1.97. The van der Waals surface area contributed by atoms with E-state index in [2.05, 4.69) is 48.6 Å². The summed E-state index contributed by atoms with van der Waals surface area (Å²) in [6.45, 7) is 9.45. The van der Waals surface area contributed by atoms with E-state index in [4.69, 9.17) is 4.74 Å². The van der Waals surface area contributed by atoms with Gasteiger partial charge in [0.15, 0.2) is 0 Å². The molecule has 4 nitrogen and oxygen atoms in total. The quantitative estimate of drug-likeness (QED) is 0.586. The van der Waals surface area contributed by atoms with Gasteiger partial charge in [0.1, 0.15) is 6.73 Å². The average Bonchev–Trinajstić information content (AvgIpc) is 2.71. The Hall–Kier alpha value is -1.39. The van der Waals surface area contributed by atoms with Gasteiger partial charge in [-0.25, -0.2) is 4.68 Å². The molecule has 0 bridgehead atoms. The van der Waals surface area contributed by atoms with Crippen molar-refractivity contribution in [2.24, 2.45) is 0 Å². The molecule has 1 aromatic rings. The van der Waals surface area contributed by atoms with Crippen LogP contribution in [0.25, 0.3) is 0 Å². The van der Waals surface area contributed by atoms with E-state index >= 15 is 0 Å². The molecule has 0 saturated carbocycles. The van der Waals surface area contributed by atoms with Crippen LogP contribution in [0.4, 0.5) is 0 Å². The van der Waals surface area contributed by atoms with Gasteiger partial charge in [-0.2, -0.15) is 5.10 Å². The lowest BCUT2D eigenvalue weighted by Gasteiger charge is -2.05. The third-order valence-electron chi connectivity index (χ3n) is 3.13. The predicted octanol–water partition coefficient (Wildman–Crippen LogP) is 2.97. The summed E-state index contributed by atoms with van der Waals surface area (Å²) < 4.78 is 7.46. The van der Waals surface area contributed by atoms with Crippen LogP contribution >= 0.6 is 0 Å². The topological polar surface area (TPSA) is 39.1 Å². The molecule has 4 heteroatoms. The lowest BCUT2D eigenvalue weighted by molar-refractivity contribution is 0.0891. The Balaban J connectivity index is 2.22. The molecule has 0 aliphatic heterocycles. The molecule has 1 heterocycles. The lowest BCUT2D eigenvalue weighted by atomic mass is 10.1. The number of nitrogens with one attached hydrogen (secondary N) is 1. The van der Waals surface area contributed by atoms with Crippen molar-refractivity contribution in [2.75, 3.05) is 13.7 Å². The first-order valence-electron chi connectivity index (χ1n) is 7.11. The second-order valence-electron chi connectivity index (χ2n) is 5.19. The van der Waals surface area contributed by atoms with Crippen LogP contribution < -0.4 is 5.32 Å². The number of rotatable bonds is 8. The maximum atomic E-state index is 5.58. The van der Waals surface area contributed by atoms with Crippen LogP contribution in [0.15, 0.2) is 29.9 Å².